The molecular formula is C80H58BrCl6N3O18S6. The lowest BCUT2D eigenvalue weighted by Gasteiger charge is -2.14. The summed E-state index contributed by atoms with van der Waals surface area (Å²) in [6.45, 7) is 11.8. The summed E-state index contributed by atoms with van der Waals surface area (Å²) < 4.78 is 25.0. The highest BCUT2D eigenvalue weighted by Gasteiger charge is 2.38. The van der Waals surface area contributed by atoms with Crippen molar-refractivity contribution in [3.63, 3.8) is 0 Å². The number of rotatable bonds is 16. The van der Waals surface area contributed by atoms with Crippen molar-refractivity contribution in [2.24, 2.45) is 10.3 Å². The highest BCUT2D eigenvalue weighted by molar-refractivity contribution is 9.08. The molecule has 0 aliphatic carbocycles. The molecule has 586 valence electrons. The third-order valence-electron chi connectivity index (χ3n) is 16.7. The van der Waals surface area contributed by atoms with Crippen molar-refractivity contribution >= 4 is 285 Å². The number of aliphatic carboxylic acids is 1. The number of thiophene rings is 6. The molecule has 0 saturated heterocycles. The number of imide groups is 1. The van der Waals surface area contributed by atoms with Crippen LogP contribution >= 0.6 is 154 Å². The molecule has 0 saturated carbocycles. The third kappa shape index (κ3) is 19.2. The molecule has 7 aromatic carbocycles. The Kier molecular flexibility index (Phi) is 29.0. The standard InChI is InChI=1S/C21H14ClNO6S.C13H10BrClO3S.C13H10ClNO3S.C13H11ClO3S.C11H6ClNO3S.C9H7ClS/c1-2-28-21(27)17(24)18-15(12-8-7-11(22)9-16(12)30-18)10-29-23-19(25)13-5-3-4-6-14(13)20(23)26;1-2-18-13(17)11(16)12-9(6-14)8-4-3-7(15)5-10(8)19-12;1-2-17-13(16)11-12-9(6-18-15-11)8-4-3-7(14)5-10(8)19-12;1-3-17-13(16)11(15)12-7(2)9-5-4-8(14)6-10(9)18-12;12-5-1-2-6-7-4-16-13-9(11(14)15)10(7)17-8(6)3-5;1-6-5-11-9-4-7(10)2-3-8(6)9/h3-9H,2,10H2,1H3;2*3-5H,2,6H2,1H3;4-6H,3H2,1-2H3;1-3H,4H2,(H,14,15);2-5H,1H3. The number of ether oxygens (including phenoxy) is 4. The van der Waals surface area contributed by atoms with Gasteiger partial charge in [-0.25, -0.2) is 24.0 Å². The number of hydrogen-bond donors (Lipinski definition) is 1. The number of hydrogen-bond acceptors (Lipinski definition) is 25. The number of amides is 2. The second-order valence-corrected chi connectivity index (χ2v) is 33.3. The second-order valence-electron chi connectivity index (χ2n) is 23.9. The van der Waals surface area contributed by atoms with E-state index in [0.29, 0.717) is 85.6 Å². The van der Waals surface area contributed by atoms with E-state index in [4.69, 9.17) is 108 Å². The first-order valence-corrected chi connectivity index (χ1v) is 42.3. The average molecular weight is 1830 g/mol. The van der Waals surface area contributed by atoms with Gasteiger partial charge in [0.05, 0.1) is 61.9 Å². The van der Waals surface area contributed by atoms with Gasteiger partial charge in [-0.2, -0.15) is 0 Å². The lowest BCUT2D eigenvalue weighted by Crippen LogP contribution is -2.30. The van der Waals surface area contributed by atoms with Crippen molar-refractivity contribution in [3.05, 3.63) is 238 Å². The number of fused-ring (bicyclic) bond motifs is 11. The quantitative estimate of drug-likeness (QED) is 0.0235. The molecule has 0 fully saturated rings. The number of benzene rings is 7. The molecule has 0 bridgehead atoms. The number of halogens is 7. The summed E-state index contributed by atoms with van der Waals surface area (Å²) in [5, 5.41) is 29.4. The normalized spacial score (nSPS) is 12.3. The Bertz CT molecular complexity index is 6020. The molecule has 13 aromatic rings. The first-order valence-electron chi connectivity index (χ1n) is 34.0. The molecule has 2 amide bonds. The molecular weight excluding hydrogens is 1780 g/mol. The predicted molar refractivity (Wildman–Crippen MR) is 455 cm³/mol. The minimum absolute atomic E-state index is 0.0384. The number of nitrogens with zero attached hydrogens (tertiary/aromatic N) is 3. The number of carbonyl (C=O) groups excluding carboxylic acids is 9. The van der Waals surface area contributed by atoms with Gasteiger partial charge in [0.1, 0.15) is 19.8 Å². The number of alkyl halides is 1. The molecule has 0 radical (unpaired) electrons. The summed E-state index contributed by atoms with van der Waals surface area (Å²) in [6, 6.07) is 39.3. The highest BCUT2D eigenvalue weighted by atomic mass is 79.9. The van der Waals surface area contributed by atoms with Crippen LogP contribution in [-0.2, 0) is 82.6 Å². The summed E-state index contributed by atoms with van der Waals surface area (Å²) in [4.78, 5) is 137. The van der Waals surface area contributed by atoms with Crippen molar-refractivity contribution < 1.29 is 86.5 Å². The zero-order valence-electron chi connectivity index (χ0n) is 60.3. The van der Waals surface area contributed by atoms with Crippen LogP contribution in [0.1, 0.15) is 121 Å². The van der Waals surface area contributed by atoms with Crippen molar-refractivity contribution in [1.29, 1.82) is 0 Å². The van der Waals surface area contributed by atoms with E-state index in [1.54, 1.807) is 99.7 Å². The summed E-state index contributed by atoms with van der Waals surface area (Å²) in [6.07, 6.45) is 0. The van der Waals surface area contributed by atoms with E-state index in [-0.39, 0.29) is 53.9 Å². The average Bonchev–Trinajstić information content (AvgIpc) is 1.64. The lowest BCUT2D eigenvalue weighted by atomic mass is 10.1. The van der Waals surface area contributed by atoms with Crippen LogP contribution in [0.3, 0.4) is 0 Å². The van der Waals surface area contributed by atoms with E-state index in [9.17, 15) is 47.9 Å². The maximum atomic E-state index is 12.6. The van der Waals surface area contributed by atoms with Crippen LogP contribution in [0, 0.1) is 13.8 Å². The number of ketones is 3. The maximum Gasteiger partial charge on any atom is 0.380 e. The Morgan fingerprint density at radius 2 is 0.833 bits per heavy atom. The van der Waals surface area contributed by atoms with Crippen LogP contribution in [0.25, 0.3) is 60.5 Å². The first-order chi connectivity index (χ1) is 54.7. The number of carbonyl (C=O) groups is 10. The molecule has 9 heterocycles. The van der Waals surface area contributed by atoms with Gasteiger partial charge in [-0.05, 0) is 181 Å². The Balaban J connectivity index is 0.000000138. The number of aryl methyl sites for hydroxylation is 2. The zero-order valence-corrected chi connectivity index (χ0v) is 71.3. The van der Waals surface area contributed by atoms with Crippen LogP contribution in [0.2, 0.25) is 30.1 Å². The minimum Gasteiger partial charge on any atom is -0.476 e. The number of oxime groups is 2. The van der Waals surface area contributed by atoms with Crippen LogP contribution in [0.5, 0.6) is 0 Å². The fourth-order valence-corrected chi connectivity index (χ4v) is 20.7. The predicted octanol–water partition coefficient (Wildman–Crippen LogP) is 21.9. The monoisotopic (exact) mass is 1830 g/mol. The molecule has 3 aliphatic heterocycles. The topological polar surface area (TPSA) is 284 Å². The van der Waals surface area contributed by atoms with Gasteiger partial charge in [0.15, 0.2) is 0 Å². The molecule has 16 rings (SSSR count). The number of carboxylic acid groups (broad SMARTS) is 1. The summed E-state index contributed by atoms with van der Waals surface area (Å²) in [7, 11) is 0. The molecule has 6 aromatic heterocycles. The SMILES string of the molecule is CCOC(=O)C(=O)c1sc2cc(Cl)ccc2c1C.CCOC(=O)C(=O)c1sc2cc(Cl)ccc2c1CBr.CCOC(=O)C(=O)c1sc2cc(Cl)ccc2c1CON1C(=O)c2ccccc2C1=O.CCOC(=O)C1=NOCc2c1sc1cc(Cl)ccc21.Cc1csc2cc(Cl)ccc12.O=C(O)C1=NOCc2c1sc1cc(Cl)ccc21. The molecule has 21 nitrogen and oxygen atoms in total. The maximum absolute atomic E-state index is 12.6. The van der Waals surface area contributed by atoms with Gasteiger partial charge in [0, 0.05) is 80.4 Å². The van der Waals surface area contributed by atoms with E-state index in [1.165, 1.54) is 73.1 Å². The van der Waals surface area contributed by atoms with E-state index in [2.05, 4.69) is 44.6 Å². The summed E-state index contributed by atoms with van der Waals surface area (Å²) >= 11 is 47.2. The number of Topliss-reactive ketones (excluding diaryl/α,β-unsaturated/α-hetero) is 3. The van der Waals surface area contributed by atoms with Crippen molar-refractivity contribution in [2.75, 3.05) is 26.4 Å². The van der Waals surface area contributed by atoms with Gasteiger partial charge in [-0.3, -0.25) is 28.8 Å². The van der Waals surface area contributed by atoms with E-state index in [1.807, 2.05) is 61.5 Å². The van der Waals surface area contributed by atoms with Gasteiger partial charge >= 0.3 is 29.8 Å². The number of carboxylic acids is 1. The number of esters is 4. The van der Waals surface area contributed by atoms with Crippen LogP contribution < -0.4 is 0 Å². The van der Waals surface area contributed by atoms with Gasteiger partial charge in [0.25, 0.3) is 29.2 Å². The van der Waals surface area contributed by atoms with E-state index in [0.717, 1.165) is 83.8 Å². The fraction of sp³-hybridized carbons (Fsp3) is 0.175. The Morgan fingerprint density at radius 3 is 1.28 bits per heavy atom. The van der Waals surface area contributed by atoms with Crippen molar-refractivity contribution in [1.82, 2.24) is 5.06 Å². The molecule has 3 aliphatic rings. The summed E-state index contributed by atoms with van der Waals surface area (Å²) in [5.41, 5.74) is 5.83. The van der Waals surface area contributed by atoms with E-state index < -0.39 is 59.0 Å². The Morgan fingerprint density at radius 1 is 0.465 bits per heavy atom. The molecule has 1 N–H and O–H groups in total. The van der Waals surface area contributed by atoms with Crippen LogP contribution in [-0.4, -0.2) is 107 Å². The second kappa shape index (κ2) is 38.6. The van der Waals surface area contributed by atoms with Crippen LogP contribution in [0.15, 0.2) is 149 Å². The summed E-state index contributed by atoms with van der Waals surface area (Å²) in [5.74, 6) is -7.34. The largest absolute Gasteiger partial charge is 0.476 e. The third-order valence-corrected chi connectivity index (χ3v) is 25.8. The number of hydroxylamine groups is 2. The highest BCUT2D eigenvalue weighted by Crippen LogP contribution is 2.41. The minimum atomic E-state index is -1.08. The van der Waals surface area contributed by atoms with Crippen molar-refractivity contribution in [2.45, 2.75) is 66.7 Å². The Hall–Kier alpha value is -9.08. The molecule has 114 heavy (non-hydrogen) atoms. The van der Waals surface area contributed by atoms with Gasteiger partial charge in [-0.1, -0.05) is 144 Å². The smallest absolute Gasteiger partial charge is 0.380 e. The molecule has 34 heteroatoms. The van der Waals surface area contributed by atoms with E-state index >= 15 is 0 Å². The van der Waals surface area contributed by atoms with Crippen molar-refractivity contribution in [3.8, 4) is 0 Å². The van der Waals surface area contributed by atoms with Gasteiger partial charge < -0.3 is 33.7 Å². The first kappa shape index (κ1) is 85.8. The molecule has 0 atom stereocenters. The molecule has 0 spiro atoms. The van der Waals surface area contributed by atoms with Crippen LogP contribution in [0.4, 0.5) is 0 Å². The molecule has 0 unspecified atom stereocenters. The fourth-order valence-electron chi connectivity index (χ4n) is 11.5. The lowest BCUT2D eigenvalue weighted by molar-refractivity contribution is -0.138. The van der Waals surface area contributed by atoms with Gasteiger partial charge in [0.2, 0.25) is 11.4 Å². The van der Waals surface area contributed by atoms with Gasteiger partial charge in [-0.15, -0.1) is 73.1 Å². The Labute approximate surface area is 711 Å². The zero-order chi connectivity index (χ0) is 81.9.